The first-order valence-electron chi connectivity index (χ1n) is 8.75. The Hall–Kier alpha value is -0.120. The third kappa shape index (κ3) is 5.01. The van der Waals surface area contributed by atoms with E-state index in [9.17, 15) is 5.11 Å². The average Bonchev–Trinajstić information content (AvgIpc) is 3.09. The highest BCUT2D eigenvalue weighted by atomic mass is 16.3. The lowest BCUT2D eigenvalue weighted by Crippen LogP contribution is -2.47. The highest BCUT2D eigenvalue weighted by Crippen LogP contribution is 2.30. The molecule has 0 saturated heterocycles. The van der Waals surface area contributed by atoms with Gasteiger partial charge in [-0.05, 0) is 37.5 Å². The molecule has 3 heteroatoms. The van der Waals surface area contributed by atoms with Gasteiger partial charge in [0.05, 0.1) is 6.61 Å². The Kier molecular flexibility index (Phi) is 6.31. The van der Waals surface area contributed by atoms with E-state index in [-0.39, 0.29) is 0 Å². The van der Waals surface area contributed by atoms with E-state index in [1.54, 1.807) is 0 Å². The smallest absolute Gasteiger partial charge is 0.0558 e. The van der Waals surface area contributed by atoms with Crippen LogP contribution in [0.4, 0.5) is 0 Å². The van der Waals surface area contributed by atoms with Crippen LogP contribution in [-0.2, 0) is 0 Å². The summed E-state index contributed by atoms with van der Waals surface area (Å²) in [6, 6.07) is 1.52. The van der Waals surface area contributed by atoms with Gasteiger partial charge < -0.3 is 10.4 Å². The number of nitrogens with zero attached hydrogens (tertiary/aromatic N) is 1. The SMILES string of the molecule is CCCC(C)(CNC1CC1)CN(CCO)C1CCCC1. The summed E-state index contributed by atoms with van der Waals surface area (Å²) in [6.07, 6.45) is 10.7. The highest BCUT2D eigenvalue weighted by molar-refractivity contribution is 4.89. The van der Waals surface area contributed by atoms with E-state index in [2.05, 4.69) is 24.1 Å². The summed E-state index contributed by atoms with van der Waals surface area (Å²) in [6.45, 7) is 8.17. The molecule has 0 bridgehead atoms. The number of aliphatic hydroxyl groups excluding tert-OH is 1. The number of hydrogen-bond acceptors (Lipinski definition) is 3. The van der Waals surface area contributed by atoms with Gasteiger partial charge in [0.25, 0.3) is 0 Å². The molecule has 2 aliphatic rings. The normalized spacial score (nSPS) is 23.4. The molecule has 2 N–H and O–H groups in total. The second kappa shape index (κ2) is 7.77. The fourth-order valence-electron chi connectivity index (χ4n) is 3.78. The molecule has 1 atom stereocenters. The Labute approximate surface area is 125 Å². The quantitative estimate of drug-likeness (QED) is 0.647. The van der Waals surface area contributed by atoms with E-state index in [1.165, 1.54) is 51.4 Å². The topological polar surface area (TPSA) is 35.5 Å². The van der Waals surface area contributed by atoms with Gasteiger partial charge in [-0.3, -0.25) is 4.90 Å². The molecule has 3 nitrogen and oxygen atoms in total. The van der Waals surface area contributed by atoms with Crippen LogP contribution in [0.15, 0.2) is 0 Å². The molecule has 2 saturated carbocycles. The van der Waals surface area contributed by atoms with Gasteiger partial charge in [-0.2, -0.15) is 0 Å². The molecule has 0 aromatic heterocycles. The van der Waals surface area contributed by atoms with Gasteiger partial charge in [0.15, 0.2) is 0 Å². The molecular weight excluding hydrogens is 248 g/mol. The molecule has 0 aromatic rings. The van der Waals surface area contributed by atoms with E-state index in [0.717, 1.165) is 31.7 Å². The first kappa shape index (κ1) is 16.3. The van der Waals surface area contributed by atoms with Gasteiger partial charge in [-0.15, -0.1) is 0 Å². The Morgan fingerprint density at radius 2 is 1.90 bits per heavy atom. The van der Waals surface area contributed by atoms with E-state index in [0.29, 0.717) is 12.0 Å². The average molecular weight is 282 g/mol. The maximum Gasteiger partial charge on any atom is 0.0558 e. The molecule has 0 radical (unpaired) electrons. The van der Waals surface area contributed by atoms with E-state index >= 15 is 0 Å². The van der Waals surface area contributed by atoms with Crippen LogP contribution in [0.1, 0.15) is 65.2 Å². The Morgan fingerprint density at radius 3 is 2.45 bits per heavy atom. The van der Waals surface area contributed by atoms with Crippen molar-refractivity contribution in [2.75, 3.05) is 26.2 Å². The molecule has 118 valence electrons. The molecule has 20 heavy (non-hydrogen) atoms. The summed E-state index contributed by atoms with van der Waals surface area (Å²) in [5, 5.41) is 13.1. The van der Waals surface area contributed by atoms with Crippen molar-refractivity contribution in [2.24, 2.45) is 5.41 Å². The lowest BCUT2D eigenvalue weighted by molar-refractivity contribution is 0.0898. The van der Waals surface area contributed by atoms with Crippen LogP contribution >= 0.6 is 0 Å². The molecule has 0 heterocycles. The summed E-state index contributed by atoms with van der Waals surface area (Å²) in [5.41, 5.74) is 0.356. The molecule has 1 unspecified atom stereocenters. The van der Waals surface area contributed by atoms with Crippen molar-refractivity contribution >= 4 is 0 Å². The minimum Gasteiger partial charge on any atom is -0.395 e. The predicted molar refractivity (Wildman–Crippen MR) is 85.0 cm³/mol. The van der Waals surface area contributed by atoms with Gasteiger partial charge in [-0.25, -0.2) is 0 Å². The third-order valence-corrected chi connectivity index (χ3v) is 5.06. The Bertz CT molecular complexity index is 274. The van der Waals surface area contributed by atoms with Gasteiger partial charge in [0.2, 0.25) is 0 Å². The monoisotopic (exact) mass is 282 g/mol. The minimum atomic E-state index is 0.300. The van der Waals surface area contributed by atoms with Gasteiger partial charge >= 0.3 is 0 Å². The maximum atomic E-state index is 9.39. The van der Waals surface area contributed by atoms with E-state index in [4.69, 9.17) is 0 Å². The van der Waals surface area contributed by atoms with E-state index < -0.39 is 0 Å². The van der Waals surface area contributed by atoms with Crippen molar-refractivity contribution in [3.05, 3.63) is 0 Å². The maximum absolute atomic E-state index is 9.39. The summed E-state index contributed by atoms with van der Waals surface area (Å²) in [7, 11) is 0. The van der Waals surface area contributed by atoms with Gasteiger partial charge in [0, 0.05) is 31.7 Å². The van der Waals surface area contributed by atoms with E-state index in [1.807, 2.05) is 0 Å². The first-order valence-corrected chi connectivity index (χ1v) is 8.75. The molecular formula is C17H34N2O. The molecule has 0 spiro atoms. The van der Waals surface area contributed by atoms with Crippen molar-refractivity contribution in [3.63, 3.8) is 0 Å². The molecule has 2 fully saturated rings. The second-order valence-corrected chi connectivity index (χ2v) is 7.35. The van der Waals surface area contributed by atoms with Crippen LogP contribution in [-0.4, -0.2) is 48.3 Å². The third-order valence-electron chi connectivity index (χ3n) is 5.06. The molecule has 2 rings (SSSR count). The molecule has 2 aliphatic carbocycles. The second-order valence-electron chi connectivity index (χ2n) is 7.35. The van der Waals surface area contributed by atoms with Crippen LogP contribution in [0.25, 0.3) is 0 Å². The first-order chi connectivity index (χ1) is 9.67. The summed E-state index contributed by atoms with van der Waals surface area (Å²) >= 11 is 0. The summed E-state index contributed by atoms with van der Waals surface area (Å²) in [4.78, 5) is 2.58. The largest absolute Gasteiger partial charge is 0.395 e. The standard InChI is InChI=1S/C17H34N2O/c1-3-10-17(2,13-18-15-8-9-15)14-19(11-12-20)16-6-4-5-7-16/h15-16,18,20H,3-14H2,1-2H3. The van der Waals surface area contributed by atoms with Crippen molar-refractivity contribution in [1.29, 1.82) is 0 Å². The lowest BCUT2D eigenvalue weighted by Gasteiger charge is -2.38. The summed E-state index contributed by atoms with van der Waals surface area (Å²) < 4.78 is 0. The number of hydrogen-bond donors (Lipinski definition) is 2. The van der Waals surface area contributed by atoms with Crippen molar-refractivity contribution in [2.45, 2.75) is 77.3 Å². The number of aliphatic hydroxyl groups is 1. The predicted octanol–water partition coefficient (Wildman–Crippen LogP) is 2.78. The van der Waals surface area contributed by atoms with Crippen LogP contribution < -0.4 is 5.32 Å². The van der Waals surface area contributed by atoms with Crippen LogP contribution in [0.5, 0.6) is 0 Å². The fourth-order valence-corrected chi connectivity index (χ4v) is 3.78. The summed E-state index contributed by atoms with van der Waals surface area (Å²) in [5.74, 6) is 0. The van der Waals surface area contributed by atoms with Crippen LogP contribution in [0.3, 0.4) is 0 Å². The fraction of sp³-hybridized carbons (Fsp3) is 1.00. The minimum absolute atomic E-state index is 0.300. The van der Waals surface area contributed by atoms with Gasteiger partial charge in [-0.1, -0.05) is 33.1 Å². The Morgan fingerprint density at radius 1 is 1.20 bits per heavy atom. The zero-order chi connectivity index (χ0) is 14.4. The highest BCUT2D eigenvalue weighted by Gasteiger charge is 2.32. The molecule has 0 amide bonds. The van der Waals surface area contributed by atoms with Crippen LogP contribution in [0, 0.1) is 5.41 Å². The van der Waals surface area contributed by atoms with Crippen molar-refractivity contribution < 1.29 is 5.11 Å². The number of rotatable bonds is 10. The lowest BCUT2D eigenvalue weighted by atomic mass is 9.84. The van der Waals surface area contributed by atoms with Crippen LogP contribution in [0.2, 0.25) is 0 Å². The molecule has 0 aromatic carbocycles. The Balaban J connectivity index is 1.90. The van der Waals surface area contributed by atoms with Crippen molar-refractivity contribution in [3.8, 4) is 0 Å². The van der Waals surface area contributed by atoms with Crippen molar-refractivity contribution in [1.82, 2.24) is 10.2 Å². The zero-order valence-electron chi connectivity index (χ0n) is 13.5. The zero-order valence-corrected chi connectivity index (χ0v) is 13.5. The number of nitrogens with one attached hydrogen (secondary N) is 1. The molecule has 0 aliphatic heterocycles. The van der Waals surface area contributed by atoms with Gasteiger partial charge in [0.1, 0.15) is 0 Å².